The first-order valence-corrected chi connectivity index (χ1v) is 7.27. The second-order valence-electron chi connectivity index (χ2n) is 4.35. The Bertz CT molecular complexity index is 607. The molecule has 2 rings (SSSR count). The molecule has 0 spiro atoms. The van der Waals surface area contributed by atoms with Crippen LogP contribution in [0.5, 0.6) is 5.75 Å². The van der Waals surface area contributed by atoms with Gasteiger partial charge in [0.2, 0.25) is 0 Å². The normalized spacial score (nSPS) is 10.3. The van der Waals surface area contributed by atoms with Crippen molar-refractivity contribution in [2.24, 2.45) is 0 Å². The van der Waals surface area contributed by atoms with Crippen LogP contribution in [0.25, 0.3) is 0 Å². The molecule has 0 atom stereocenters. The number of aryl methyl sites for hydroxylation is 2. The molecule has 20 heavy (non-hydrogen) atoms. The molecule has 106 valence electrons. The number of benzene rings is 1. The van der Waals surface area contributed by atoms with Crippen LogP contribution in [0.1, 0.15) is 33.5 Å². The van der Waals surface area contributed by atoms with Gasteiger partial charge < -0.3 is 9.47 Å². The van der Waals surface area contributed by atoms with Crippen LogP contribution < -0.4 is 4.74 Å². The Morgan fingerprint density at radius 3 is 2.85 bits per heavy atom. The molecular formula is C15H17NO3S. The topological polar surface area (TPSA) is 48.4 Å². The number of ether oxygens (including phenoxy) is 2. The Balaban J connectivity index is 2.01. The molecule has 0 aliphatic carbocycles. The molecular weight excluding hydrogens is 274 g/mol. The van der Waals surface area contributed by atoms with Crippen LogP contribution in [-0.2, 0) is 17.8 Å². The van der Waals surface area contributed by atoms with Gasteiger partial charge >= 0.3 is 5.97 Å². The first kappa shape index (κ1) is 14.5. The van der Waals surface area contributed by atoms with E-state index in [1.807, 2.05) is 25.3 Å². The summed E-state index contributed by atoms with van der Waals surface area (Å²) in [5.41, 5.74) is 2.26. The Labute approximate surface area is 122 Å². The molecule has 1 aromatic heterocycles. The van der Waals surface area contributed by atoms with Crippen LogP contribution in [0.2, 0.25) is 0 Å². The average Bonchev–Trinajstić information content (AvgIpc) is 2.93. The van der Waals surface area contributed by atoms with Crippen molar-refractivity contribution in [1.29, 1.82) is 0 Å². The van der Waals surface area contributed by atoms with E-state index in [0.717, 1.165) is 22.7 Å². The average molecular weight is 291 g/mol. The van der Waals surface area contributed by atoms with Crippen LogP contribution in [-0.4, -0.2) is 18.1 Å². The third kappa shape index (κ3) is 3.36. The number of thiazole rings is 1. The summed E-state index contributed by atoms with van der Waals surface area (Å²) in [7, 11) is 1.58. The van der Waals surface area contributed by atoms with E-state index in [1.165, 1.54) is 0 Å². The zero-order valence-corrected chi connectivity index (χ0v) is 12.6. The molecule has 0 unspecified atom stereocenters. The molecule has 0 amide bonds. The number of rotatable bonds is 5. The monoisotopic (exact) mass is 291 g/mol. The highest BCUT2D eigenvalue weighted by atomic mass is 32.1. The second kappa shape index (κ2) is 6.52. The van der Waals surface area contributed by atoms with Crippen LogP contribution in [0.3, 0.4) is 0 Å². The summed E-state index contributed by atoms with van der Waals surface area (Å²) in [6.45, 7) is 4.17. The van der Waals surface area contributed by atoms with Crippen LogP contribution >= 0.6 is 11.3 Å². The largest absolute Gasteiger partial charge is 0.496 e. The molecule has 0 aliphatic rings. The summed E-state index contributed by atoms with van der Waals surface area (Å²) in [5.74, 6) is 0.315. The Kier molecular flexibility index (Phi) is 4.74. The third-order valence-corrected chi connectivity index (χ3v) is 3.94. The number of methoxy groups -OCH3 is 1. The van der Waals surface area contributed by atoms with Gasteiger partial charge in [0.1, 0.15) is 12.4 Å². The van der Waals surface area contributed by atoms with Crippen molar-refractivity contribution in [3.05, 3.63) is 45.4 Å². The van der Waals surface area contributed by atoms with Crippen molar-refractivity contribution >= 4 is 17.3 Å². The van der Waals surface area contributed by atoms with Crippen LogP contribution in [0.4, 0.5) is 0 Å². The molecule has 0 saturated heterocycles. The number of hydrogen-bond donors (Lipinski definition) is 0. The van der Waals surface area contributed by atoms with E-state index >= 15 is 0 Å². The number of nitrogens with zero attached hydrogens (tertiary/aromatic N) is 1. The molecule has 0 saturated carbocycles. The van der Waals surface area contributed by atoms with E-state index in [-0.39, 0.29) is 12.6 Å². The number of carbonyl (C=O) groups is 1. The smallest absolute Gasteiger partial charge is 0.338 e. The standard InChI is InChI=1S/C15H17NO3S/c1-4-14-16-12(9-20-14)8-19-15(17)11-6-5-10(2)13(7-11)18-3/h5-7,9H,4,8H2,1-3H3. The van der Waals surface area contributed by atoms with Gasteiger partial charge in [0.15, 0.2) is 0 Å². The maximum atomic E-state index is 12.0. The summed E-state index contributed by atoms with van der Waals surface area (Å²) in [6, 6.07) is 5.27. The van der Waals surface area contributed by atoms with Crippen molar-refractivity contribution in [3.63, 3.8) is 0 Å². The molecule has 5 heteroatoms. The Morgan fingerprint density at radius 2 is 2.20 bits per heavy atom. The van der Waals surface area contributed by atoms with Crippen molar-refractivity contribution in [2.45, 2.75) is 26.9 Å². The summed E-state index contributed by atoms with van der Waals surface area (Å²) in [6.07, 6.45) is 0.897. The summed E-state index contributed by atoms with van der Waals surface area (Å²) >= 11 is 1.58. The van der Waals surface area contributed by atoms with Crippen molar-refractivity contribution in [3.8, 4) is 5.75 Å². The van der Waals surface area contributed by atoms with E-state index in [9.17, 15) is 4.79 Å². The number of esters is 1. The van der Waals surface area contributed by atoms with E-state index < -0.39 is 0 Å². The lowest BCUT2D eigenvalue weighted by molar-refractivity contribution is 0.0468. The molecule has 0 N–H and O–H groups in total. The van der Waals surface area contributed by atoms with Crippen molar-refractivity contribution < 1.29 is 14.3 Å². The van der Waals surface area contributed by atoms with Gasteiger partial charge in [-0.2, -0.15) is 0 Å². The first-order chi connectivity index (χ1) is 9.63. The molecule has 1 heterocycles. The van der Waals surface area contributed by atoms with Crippen molar-refractivity contribution in [2.75, 3.05) is 7.11 Å². The fourth-order valence-electron chi connectivity index (χ4n) is 1.75. The predicted octanol–water partition coefficient (Wildman–Crippen LogP) is 3.38. The van der Waals surface area contributed by atoms with E-state index in [4.69, 9.17) is 9.47 Å². The molecule has 4 nitrogen and oxygen atoms in total. The number of carbonyl (C=O) groups excluding carboxylic acids is 1. The zero-order chi connectivity index (χ0) is 14.5. The van der Waals surface area contributed by atoms with Gasteiger partial charge in [-0.1, -0.05) is 13.0 Å². The molecule has 0 radical (unpaired) electrons. The third-order valence-electron chi connectivity index (χ3n) is 2.90. The predicted molar refractivity (Wildman–Crippen MR) is 78.3 cm³/mol. The van der Waals surface area contributed by atoms with Gasteiger partial charge in [0.25, 0.3) is 0 Å². The highest BCUT2D eigenvalue weighted by Gasteiger charge is 2.11. The lowest BCUT2D eigenvalue weighted by atomic mass is 10.1. The lowest BCUT2D eigenvalue weighted by Gasteiger charge is -2.07. The molecule has 0 aliphatic heterocycles. The van der Waals surface area contributed by atoms with Crippen molar-refractivity contribution in [1.82, 2.24) is 4.98 Å². The van der Waals surface area contributed by atoms with Crippen LogP contribution in [0, 0.1) is 6.92 Å². The maximum Gasteiger partial charge on any atom is 0.338 e. The van der Waals surface area contributed by atoms with Crippen LogP contribution in [0.15, 0.2) is 23.6 Å². The first-order valence-electron chi connectivity index (χ1n) is 6.39. The lowest BCUT2D eigenvalue weighted by Crippen LogP contribution is -2.06. The Hall–Kier alpha value is -1.88. The molecule has 0 bridgehead atoms. The van der Waals surface area contributed by atoms with Gasteiger partial charge in [-0.3, -0.25) is 0 Å². The van der Waals surface area contributed by atoms with E-state index in [2.05, 4.69) is 4.98 Å². The van der Waals surface area contributed by atoms with E-state index in [0.29, 0.717) is 11.3 Å². The fraction of sp³-hybridized carbons (Fsp3) is 0.333. The van der Waals surface area contributed by atoms with E-state index in [1.54, 1.807) is 30.6 Å². The summed E-state index contributed by atoms with van der Waals surface area (Å²) < 4.78 is 10.5. The molecule has 2 aromatic rings. The molecule has 1 aromatic carbocycles. The minimum absolute atomic E-state index is 0.200. The minimum atomic E-state index is -0.366. The maximum absolute atomic E-state index is 12.0. The molecule has 0 fully saturated rings. The number of aromatic nitrogens is 1. The quantitative estimate of drug-likeness (QED) is 0.792. The minimum Gasteiger partial charge on any atom is -0.496 e. The van der Waals surface area contributed by atoms with Gasteiger partial charge in [-0.15, -0.1) is 11.3 Å². The van der Waals surface area contributed by atoms with Gasteiger partial charge in [0, 0.05) is 5.38 Å². The fourth-order valence-corrected chi connectivity index (χ4v) is 2.48. The summed E-state index contributed by atoms with van der Waals surface area (Å²) in [4.78, 5) is 16.3. The highest BCUT2D eigenvalue weighted by Crippen LogP contribution is 2.20. The second-order valence-corrected chi connectivity index (χ2v) is 5.29. The Morgan fingerprint density at radius 1 is 1.40 bits per heavy atom. The zero-order valence-electron chi connectivity index (χ0n) is 11.8. The highest BCUT2D eigenvalue weighted by molar-refractivity contribution is 7.09. The number of hydrogen-bond acceptors (Lipinski definition) is 5. The van der Waals surface area contributed by atoms with Gasteiger partial charge in [-0.05, 0) is 31.0 Å². The van der Waals surface area contributed by atoms with Gasteiger partial charge in [-0.25, -0.2) is 9.78 Å². The summed E-state index contributed by atoms with van der Waals surface area (Å²) in [5, 5.41) is 2.97. The van der Waals surface area contributed by atoms with Gasteiger partial charge in [0.05, 0.1) is 23.4 Å². The SMILES string of the molecule is CCc1nc(COC(=O)c2ccc(C)c(OC)c2)cs1.